The van der Waals surface area contributed by atoms with Crippen molar-refractivity contribution in [3.8, 4) is 0 Å². The molecular weight excluding hydrogens is 1170 g/mol. The van der Waals surface area contributed by atoms with Crippen LogP contribution in [0.3, 0.4) is 0 Å². The Balaban J connectivity index is 1.10. The first-order valence-corrected chi connectivity index (χ1v) is 31.0. The van der Waals surface area contributed by atoms with Gasteiger partial charge in [-0.1, -0.05) is 56.9 Å². The number of carbonyl (C=O) groups excluding carboxylic acids is 9. The number of aromatic amines is 1. The van der Waals surface area contributed by atoms with Crippen molar-refractivity contribution in [1.82, 2.24) is 62.5 Å². The van der Waals surface area contributed by atoms with Crippen LogP contribution in [0.2, 0.25) is 0 Å². The van der Waals surface area contributed by atoms with E-state index in [9.17, 15) is 48.1 Å². The number of primary amides is 1. The third-order valence-corrected chi connectivity index (χ3v) is 15.9. The number of fused-ring (bicyclic) bond motifs is 2. The summed E-state index contributed by atoms with van der Waals surface area (Å²) < 4.78 is 4.76. The van der Waals surface area contributed by atoms with Crippen LogP contribution in [0.1, 0.15) is 130 Å². The maximum atomic E-state index is 14.7. The highest BCUT2D eigenvalue weighted by atomic mass is 16.9. The van der Waals surface area contributed by atoms with Gasteiger partial charge in [0.15, 0.2) is 5.96 Å². The van der Waals surface area contributed by atoms with Crippen LogP contribution in [-0.2, 0) is 54.5 Å². The molecule has 0 aliphatic carbocycles. The zero-order valence-electron chi connectivity index (χ0n) is 51.7. The first kappa shape index (κ1) is 70.2. The molecule has 0 saturated carbocycles. The van der Waals surface area contributed by atoms with E-state index >= 15 is 0 Å². The van der Waals surface area contributed by atoms with Crippen molar-refractivity contribution in [3.63, 3.8) is 0 Å². The maximum Gasteiger partial charge on any atom is 0.350 e. The summed E-state index contributed by atoms with van der Waals surface area (Å²) >= 11 is 0. The minimum Gasteiger partial charge on any atom is -0.370 e. The fourth-order valence-corrected chi connectivity index (χ4v) is 11.1. The van der Waals surface area contributed by atoms with Crippen LogP contribution in [-0.4, -0.2) is 176 Å². The second-order valence-corrected chi connectivity index (χ2v) is 23.2. The van der Waals surface area contributed by atoms with Gasteiger partial charge in [0.2, 0.25) is 58.7 Å². The number of hydroxylamine groups is 1. The molecule has 31 nitrogen and oxygen atoms in total. The molecule has 0 bridgehead atoms. The van der Waals surface area contributed by atoms with Crippen molar-refractivity contribution in [1.29, 1.82) is 0 Å². The molecule has 31 heteroatoms. The monoisotopic (exact) mass is 1260 g/mol. The quantitative estimate of drug-likeness (QED) is 0.0119. The average molecular weight is 1260 g/mol. The Hall–Kier alpha value is -8.84. The van der Waals surface area contributed by atoms with Crippen LogP contribution in [0.15, 0.2) is 58.3 Å². The molecule has 2 aromatic carbocycles. The third-order valence-electron chi connectivity index (χ3n) is 15.9. The van der Waals surface area contributed by atoms with E-state index in [1.807, 2.05) is 38.1 Å². The van der Waals surface area contributed by atoms with E-state index in [1.165, 1.54) is 28.9 Å². The van der Waals surface area contributed by atoms with Gasteiger partial charge >= 0.3 is 5.69 Å². The van der Waals surface area contributed by atoms with Gasteiger partial charge in [0.05, 0.1) is 4.91 Å². The summed E-state index contributed by atoms with van der Waals surface area (Å²) in [7, 11) is 0. The highest BCUT2D eigenvalue weighted by molar-refractivity contribution is 5.99. The van der Waals surface area contributed by atoms with Crippen molar-refractivity contribution in [2.75, 3.05) is 32.7 Å². The minimum absolute atomic E-state index is 0.0117. The first-order chi connectivity index (χ1) is 43.1. The van der Waals surface area contributed by atoms with Crippen molar-refractivity contribution in [3.05, 3.63) is 59.1 Å². The standard InChI is InChI=1S/C59H89N19O12/c1-5-16-41(52(81)71-45(32-36-33-66-38-18-7-6-17-37(36)38)54(83)68-40(50(62)79)19-8-10-26-60)69-51(80)35(4)67-53(82)44(31-34(2)3)72-56(85)48-25-14-29-76(48)57(86)42(20-9-11-27-61)70-55(84)47-24-15-30-77(47)58(87)43(22-13-28-65-59(63)64)74-90-78(88)46-23-12-21-39-49(46)75-89-73-39/h6-7,12,17-18,21,23,33-35,40-45,47-48,66,74H,5,8-11,13-16,19-20,22,24-32,60-61H2,1-4H3,(H11-,62,63,64,65,67,68,69,70,71,72,79,80,81,82,83,84,85)/p+1. The van der Waals surface area contributed by atoms with Crippen LogP contribution in [0.4, 0.5) is 5.69 Å². The highest BCUT2D eigenvalue weighted by Crippen LogP contribution is 2.26. The number of para-hydroxylation sites is 1. The van der Waals surface area contributed by atoms with Gasteiger partial charge in [-0.2, -0.15) is 0 Å². The van der Waals surface area contributed by atoms with Gasteiger partial charge in [-0.15, -0.1) is 4.94 Å². The molecule has 0 spiro atoms. The molecule has 2 aliphatic rings. The largest absolute Gasteiger partial charge is 0.370 e. The predicted molar refractivity (Wildman–Crippen MR) is 331 cm³/mol. The molecule has 492 valence electrons. The Morgan fingerprint density at radius 1 is 0.678 bits per heavy atom. The smallest absolute Gasteiger partial charge is 0.350 e. The van der Waals surface area contributed by atoms with E-state index in [2.05, 4.69) is 57.7 Å². The van der Waals surface area contributed by atoms with Crippen molar-refractivity contribution in [2.45, 2.75) is 185 Å². The number of nitrogens with one attached hydrogen (secondary N) is 8. The number of rotatable bonds is 37. The zero-order valence-corrected chi connectivity index (χ0v) is 51.7. The molecule has 4 aromatic rings. The molecule has 2 saturated heterocycles. The number of carbonyl (C=O) groups is 9. The molecule has 2 aliphatic heterocycles. The van der Waals surface area contributed by atoms with Gasteiger partial charge < -0.3 is 75.4 Å². The number of hydrogen-bond acceptors (Lipinski definition) is 18. The van der Waals surface area contributed by atoms with E-state index in [4.69, 9.17) is 38.2 Å². The second-order valence-electron chi connectivity index (χ2n) is 23.2. The Bertz CT molecular complexity index is 3150. The molecule has 90 heavy (non-hydrogen) atoms. The Kier molecular flexibility index (Phi) is 27.2. The lowest BCUT2D eigenvalue weighted by Gasteiger charge is -2.32. The number of nitrogens with zero attached hydrogens (tertiary/aromatic N) is 6. The summed E-state index contributed by atoms with van der Waals surface area (Å²) in [4.78, 5) is 155. The number of nitrogens with two attached hydrogens (primary N) is 5. The fraction of sp³-hybridized carbons (Fsp3) is 0.593. The molecule has 6 rings (SSSR count). The number of aliphatic imine (C=N–C) groups is 1. The summed E-state index contributed by atoms with van der Waals surface area (Å²) in [6, 6.07) is 1.69. The molecule has 0 radical (unpaired) electrons. The Morgan fingerprint density at radius 3 is 1.90 bits per heavy atom. The van der Waals surface area contributed by atoms with Crippen LogP contribution >= 0.6 is 0 Å². The molecule has 2 aromatic heterocycles. The number of amides is 9. The lowest BCUT2D eigenvalue weighted by Crippen LogP contribution is -2.60. The number of unbranched alkanes of at least 4 members (excludes halogenated alkanes) is 2. The topological polar surface area (TPSA) is 471 Å². The number of benzene rings is 2. The zero-order chi connectivity index (χ0) is 65.4. The van der Waals surface area contributed by atoms with Crippen LogP contribution in [0.25, 0.3) is 21.9 Å². The van der Waals surface area contributed by atoms with Crippen LogP contribution in [0, 0.1) is 10.8 Å². The van der Waals surface area contributed by atoms with Crippen molar-refractivity contribution < 1.29 is 57.6 Å². The normalized spacial score (nSPS) is 17.1. The van der Waals surface area contributed by atoms with Gasteiger partial charge in [0.1, 0.15) is 59.9 Å². The summed E-state index contributed by atoms with van der Waals surface area (Å²) in [5.74, 6) is -6.22. The molecule has 9 unspecified atom stereocenters. The SMILES string of the molecule is CCCC(NC(=O)C(C)NC(=O)C(CC(C)C)NC(=O)C1CCCN1C(=O)C(CCCCN)NC(=O)C1CCCN1C(=O)C(CCCN=C(N)N)NO[N+](=O)c1cccc2nonc12)C(=O)NC(Cc1c[nH]c2ccccc12)C(=O)NC(CCCCN)C(N)=O. The summed E-state index contributed by atoms with van der Waals surface area (Å²) in [5, 5.41) is 24.9. The Labute approximate surface area is 521 Å². The summed E-state index contributed by atoms with van der Waals surface area (Å²) in [6.07, 6.45) is 6.55. The van der Waals surface area contributed by atoms with Gasteiger partial charge in [-0.05, 0) is 144 Å². The average Bonchev–Trinajstić information content (AvgIpc) is 2.02. The summed E-state index contributed by atoms with van der Waals surface area (Å²) in [6.45, 7) is 8.06. The van der Waals surface area contributed by atoms with Crippen molar-refractivity contribution in [2.24, 2.45) is 39.6 Å². The molecule has 18 N–H and O–H groups in total. The number of hydrogen-bond donors (Lipinski definition) is 13. The molecular formula is C59H90N19O12+. The van der Waals surface area contributed by atoms with Gasteiger partial charge in [-0.3, -0.25) is 48.1 Å². The molecule has 2 fully saturated rings. The van der Waals surface area contributed by atoms with E-state index in [-0.39, 0.29) is 111 Å². The molecule has 4 heterocycles. The predicted octanol–water partition coefficient (Wildman–Crippen LogP) is -0.284. The van der Waals surface area contributed by atoms with Crippen LogP contribution in [0.5, 0.6) is 0 Å². The van der Waals surface area contributed by atoms with Gasteiger partial charge in [0, 0.05) is 49.2 Å². The van der Waals surface area contributed by atoms with E-state index in [0.717, 1.165) is 10.9 Å². The highest BCUT2D eigenvalue weighted by Gasteiger charge is 2.43. The Morgan fingerprint density at radius 2 is 1.27 bits per heavy atom. The van der Waals surface area contributed by atoms with Crippen LogP contribution < -0.4 is 66.0 Å². The molecule has 9 atom stereocenters. The number of aromatic nitrogens is 3. The number of likely N-dealkylation sites (tertiary alicyclic amines) is 2. The van der Waals surface area contributed by atoms with Gasteiger partial charge in [0.25, 0.3) is 4.92 Å². The molecule has 9 amide bonds. The third kappa shape index (κ3) is 19.8. The number of guanidine groups is 1. The second kappa shape index (κ2) is 34.8. The van der Waals surface area contributed by atoms with E-state index in [0.29, 0.717) is 63.6 Å². The lowest BCUT2D eigenvalue weighted by molar-refractivity contribution is -0.764. The van der Waals surface area contributed by atoms with E-state index < -0.39 is 108 Å². The summed E-state index contributed by atoms with van der Waals surface area (Å²) in [5.41, 5.74) is 32.6. The maximum absolute atomic E-state index is 14.7. The minimum atomic E-state index is -1.24. The van der Waals surface area contributed by atoms with E-state index in [1.54, 1.807) is 19.2 Å². The van der Waals surface area contributed by atoms with Crippen molar-refractivity contribution >= 4 is 86.7 Å². The lowest BCUT2D eigenvalue weighted by atomic mass is 10.0. The number of H-pyrrole nitrogens is 1. The van der Waals surface area contributed by atoms with Gasteiger partial charge in [-0.25, -0.2) is 4.63 Å². The fourth-order valence-electron chi connectivity index (χ4n) is 11.1. The first-order valence-electron chi connectivity index (χ1n) is 31.0.